The fourth-order valence-corrected chi connectivity index (χ4v) is 7.06. The number of hydrogen-bond donors (Lipinski definition) is 5. The molecule has 3 aliphatic heterocycles. The minimum Gasteiger partial charge on any atom is -0.390 e. The molecule has 2 bridgehead atoms. The van der Waals surface area contributed by atoms with Gasteiger partial charge in [-0.05, 0) is 108 Å². The number of rotatable bonds is 13. The van der Waals surface area contributed by atoms with Gasteiger partial charge < -0.3 is 40.3 Å². The Labute approximate surface area is 278 Å². The summed E-state index contributed by atoms with van der Waals surface area (Å²) in [6.45, 7) is 12.2. The smallest absolute Gasteiger partial charge is 0.245 e. The molecule has 3 fully saturated rings. The largest absolute Gasteiger partial charge is 0.390 e. The van der Waals surface area contributed by atoms with E-state index in [1.165, 1.54) is 12.8 Å². The van der Waals surface area contributed by atoms with Crippen LogP contribution in [-0.2, 0) is 37.7 Å². The molecule has 4 atom stereocenters. The standard InChI is InChI=1S/C37H53N3O7/c1-25-11-16-29(37-23-30(41)32(43)36(47-37,24-46-37)35(4,5)45)22-28(25)21-27-14-12-26(13-15-27)9-8-10-31(42)39-34(2,3)33(44)38-17-20-40-18-6-7-19-40/h11-16,22,30,32,41,43,45H,6-10,17-21,23-24H2,1-5H3,(H,38,44)(H,39,42)/t30?,32-,36-,37+/m0/s1. The molecule has 0 saturated carbocycles. The molecule has 0 aromatic heterocycles. The number of aliphatic hydroxyl groups is 3. The van der Waals surface area contributed by atoms with Crippen LogP contribution in [0.3, 0.4) is 0 Å². The first kappa shape index (κ1) is 35.4. The Kier molecular flexibility index (Phi) is 10.5. The van der Waals surface area contributed by atoms with Gasteiger partial charge in [-0.25, -0.2) is 0 Å². The van der Waals surface area contributed by atoms with E-state index in [9.17, 15) is 24.9 Å². The van der Waals surface area contributed by atoms with Crippen LogP contribution < -0.4 is 10.6 Å². The van der Waals surface area contributed by atoms with Gasteiger partial charge in [-0.1, -0.05) is 36.4 Å². The Morgan fingerprint density at radius 2 is 1.70 bits per heavy atom. The number of ether oxygens (including phenoxy) is 2. The summed E-state index contributed by atoms with van der Waals surface area (Å²) in [4.78, 5) is 27.7. The number of aliphatic hydroxyl groups excluding tert-OH is 2. The number of nitrogens with zero attached hydrogens (tertiary/aromatic N) is 1. The fourth-order valence-electron chi connectivity index (χ4n) is 7.06. The van der Waals surface area contributed by atoms with Gasteiger partial charge in [0.25, 0.3) is 0 Å². The van der Waals surface area contributed by atoms with Gasteiger partial charge in [0.05, 0.1) is 18.3 Å². The number of carbonyl (C=O) groups is 2. The third-order valence-electron chi connectivity index (χ3n) is 10.2. The highest BCUT2D eigenvalue weighted by Gasteiger charge is 2.67. The van der Waals surface area contributed by atoms with Gasteiger partial charge in [0.2, 0.25) is 11.8 Å². The van der Waals surface area contributed by atoms with Crippen molar-refractivity contribution >= 4 is 11.8 Å². The second kappa shape index (κ2) is 13.9. The summed E-state index contributed by atoms with van der Waals surface area (Å²) in [5.74, 6) is -1.56. The van der Waals surface area contributed by atoms with Crippen LogP contribution in [0.25, 0.3) is 0 Å². The van der Waals surface area contributed by atoms with Crippen LogP contribution >= 0.6 is 0 Å². The van der Waals surface area contributed by atoms with Crippen molar-refractivity contribution in [1.29, 1.82) is 0 Å². The summed E-state index contributed by atoms with van der Waals surface area (Å²) in [6.07, 6.45) is 2.55. The van der Waals surface area contributed by atoms with E-state index in [0.717, 1.165) is 53.9 Å². The van der Waals surface area contributed by atoms with Crippen molar-refractivity contribution in [2.45, 2.75) is 114 Å². The summed E-state index contributed by atoms with van der Waals surface area (Å²) in [5, 5.41) is 38.3. The molecule has 3 aliphatic rings. The highest BCUT2D eigenvalue weighted by molar-refractivity contribution is 5.90. The minimum atomic E-state index is -1.44. The number of hydrogen-bond acceptors (Lipinski definition) is 8. The van der Waals surface area contributed by atoms with Crippen molar-refractivity contribution in [1.82, 2.24) is 15.5 Å². The van der Waals surface area contributed by atoms with E-state index >= 15 is 0 Å². The number of amides is 2. The number of carbonyl (C=O) groups excluding carboxylic acids is 2. The second-order valence-corrected chi connectivity index (χ2v) is 14.8. The van der Waals surface area contributed by atoms with Crippen molar-refractivity contribution < 1.29 is 34.4 Å². The molecule has 5 rings (SSSR count). The first-order chi connectivity index (χ1) is 22.1. The molecule has 0 radical (unpaired) electrons. The lowest BCUT2D eigenvalue weighted by molar-refractivity contribution is -0.308. The topological polar surface area (TPSA) is 141 Å². The van der Waals surface area contributed by atoms with Crippen LogP contribution in [0.5, 0.6) is 0 Å². The molecule has 5 N–H and O–H groups in total. The van der Waals surface area contributed by atoms with Crippen LogP contribution in [-0.4, -0.2) is 93.8 Å². The third-order valence-corrected chi connectivity index (χ3v) is 10.2. The van der Waals surface area contributed by atoms with E-state index in [1.54, 1.807) is 27.7 Å². The lowest BCUT2D eigenvalue weighted by atomic mass is 9.76. The average Bonchev–Trinajstić information content (AvgIpc) is 3.65. The van der Waals surface area contributed by atoms with Crippen LogP contribution in [0.2, 0.25) is 0 Å². The highest BCUT2D eigenvalue weighted by Crippen LogP contribution is 2.53. The van der Waals surface area contributed by atoms with Gasteiger partial charge in [0.15, 0.2) is 11.4 Å². The quantitative estimate of drug-likeness (QED) is 0.223. The molecule has 2 aromatic rings. The molecule has 258 valence electrons. The van der Waals surface area contributed by atoms with E-state index in [1.807, 2.05) is 25.1 Å². The van der Waals surface area contributed by atoms with E-state index in [4.69, 9.17) is 9.47 Å². The van der Waals surface area contributed by atoms with Crippen LogP contribution in [0.4, 0.5) is 0 Å². The molecular formula is C37H53N3O7. The fraction of sp³-hybridized carbons (Fsp3) is 0.622. The van der Waals surface area contributed by atoms with Crippen LogP contribution in [0, 0.1) is 6.92 Å². The maximum atomic E-state index is 12.7. The van der Waals surface area contributed by atoms with Crippen molar-refractivity contribution in [2.75, 3.05) is 32.8 Å². The van der Waals surface area contributed by atoms with Gasteiger partial charge in [-0.15, -0.1) is 0 Å². The Hall–Kier alpha value is -2.86. The predicted molar refractivity (Wildman–Crippen MR) is 179 cm³/mol. The lowest BCUT2D eigenvalue weighted by Crippen LogP contribution is -2.66. The Morgan fingerprint density at radius 1 is 1.02 bits per heavy atom. The Balaban J connectivity index is 1.12. The summed E-state index contributed by atoms with van der Waals surface area (Å²) in [6, 6.07) is 14.3. The monoisotopic (exact) mass is 651 g/mol. The average molecular weight is 652 g/mol. The number of nitrogens with one attached hydrogen (secondary N) is 2. The normalized spacial score (nSPS) is 26.4. The minimum absolute atomic E-state index is 0.0346. The zero-order valence-corrected chi connectivity index (χ0v) is 28.6. The zero-order chi connectivity index (χ0) is 34.0. The summed E-state index contributed by atoms with van der Waals surface area (Å²) in [5.41, 5.74) is 1.34. The van der Waals surface area contributed by atoms with E-state index in [2.05, 4.69) is 39.8 Å². The SMILES string of the molecule is Cc1ccc([C@]23CC(O)[C@H](O)[C@](C(C)(C)O)(CO2)O3)cc1Cc1ccc(CCCC(=O)NC(C)(C)C(=O)NCCN2CCCC2)cc1. The molecule has 2 amide bonds. The second-order valence-electron chi connectivity index (χ2n) is 14.8. The van der Waals surface area contributed by atoms with E-state index < -0.39 is 34.7 Å². The summed E-state index contributed by atoms with van der Waals surface area (Å²) >= 11 is 0. The molecule has 2 aromatic carbocycles. The van der Waals surface area contributed by atoms with Crippen LogP contribution in [0.1, 0.15) is 87.6 Å². The number of benzene rings is 2. The zero-order valence-electron chi connectivity index (χ0n) is 28.6. The predicted octanol–water partition coefficient (Wildman–Crippen LogP) is 2.85. The first-order valence-corrected chi connectivity index (χ1v) is 17.1. The van der Waals surface area contributed by atoms with Gasteiger partial charge in [-0.3, -0.25) is 9.59 Å². The number of likely N-dealkylation sites (tertiary alicyclic amines) is 1. The third kappa shape index (κ3) is 7.74. The van der Waals surface area contributed by atoms with Crippen molar-refractivity contribution in [3.8, 4) is 0 Å². The van der Waals surface area contributed by atoms with Crippen LogP contribution in [0.15, 0.2) is 42.5 Å². The van der Waals surface area contributed by atoms with Gasteiger partial charge in [0, 0.05) is 31.5 Å². The van der Waals surface area contributed by atoms with Crippen molar-refractivity contribution in [3.63, 3.8) is 0 Å². The molecular weight excluding hydrogens is 598 g/mol. The van der Waals surface area contributed by atoms with Gasteiger partial charge in [0.1, 0.15) is 11.6 Å². The van der Waals surface area contributed by atoms with Gasteiger partial charge in [-0.2, -0.15) is 0 Å². The number of aryl methyl sites for hydroxylation is 2. The molecule has 1 unspecified atom stereocenters. The lowest BCUT2D eigenvalue weighted by Gasteiger charge is -2.48. The highest BCUT2D eigenvalue weighted by atomic mass is 16.8. The maximum absolute atomic E-state index is 12.7. The Bertz CT molecular complexity index is 1420. The van der Waals surface area contributed by atoms with E-state index in [0.29, 0.717) is 25.8 Å². The molecule has 10 heteroatoms. The molecule has 3 heterocycles. The first-order valence-electron chi connectivity index (χ1n) is 17.1. The summed E-state index contributed by atoms with van der Waals surface area (Å²) < 4.78 is 12.5. The molecule has 47 heavy (non-hydrogen) atoms. The number of fused-ring (bicyclic) bond motifs is 2. The van der Waals surface area contributed by atoms with Gasteiger partial charge >= 0.3 is 0 Å². The molecule has 10 nitrogen and oxygen atoms in total. The van der Waals surface area contributed by atoms with Crippen molar-refractivity contribution in [3.05, 3.63) is 70.3 Å². The molecule has 0 aliphatic carbocycles. The Morgan fingerprint density at radius 3 is 2.38 bits per heavy atom. The molecule has 3 saturated heterocycles. The summed E-state index contributed by atoms with van der Waals surface area (Å²) in [7, 11) is 0. The molecule has 0 spiro atoms. The van der Waals surface area contributed by atoms with E-state index in [-0.39, 0.29) is 24.8 Å². The maximum Gasteiger partial charge on any atom is 0.245 e. The van der Waals surface area contributed by atoms with Crippen molar-refractivity contribution in [2.24, 2.45) is 0 Å².